The summed E-state index contributed by atoms with van der Waals surface area (Å²) in [5.41, 5.74) is 0.706. The fourth-order valence-electron chi connectivity index (χ4n) is 3.07. The topological polar surface area (TPSA) is 65.0 Å². The summed E-state index contributed by atoms with van der Waals surface area (Å²) in [6.07, 6.45) is 2.27. The first-order valence-corrected chi connectivity index (χ1v) is 9.26. The summed E-state index contributed by atoms with van der Waals surface area (Å²) < 4.78 is 5.98. The lowest BCUT2D eigenvalue weighted by Crippen LogP contribution is -2.41. The molecule has 6 nitrogen and oxygen atoms in total. The fourth-order valence-corrected chi connectivity index (χ4v) is 3.07. The summed E-state index contributed by atoms with van der Waals surface area (Å²) in [5.74, 6) is 0.174. The Labute approximate surface area is 150 Å². The highest BCUT2D eigenvalue weighted by molar-refractivity contribution is 5.92. The van der Waals surface area contributed by atoms with Crippen LogP contribution in [0, 0.1) is 0 Å². The molecule has 1 aliphatic rings. The zero-order chi connectivity index (χ0) is 18.1. The Hall–Kier alpha value is -1.63. The van der Waals surface area contributed by atoms with Crippen molar-refractivity contribution in [1.82, 2.24) is 9.80 Å². The number of anilines is 1. The summed E-state index contributed by atoms with van der Waals surface area (Å²) in [5, 5.41) is 12.1. The maximum atomic E-state index is 12.1. The van der Waals surface area contributed by atoms with Crippen LogP contribution in [0.1, 0.15) is 26.7 Å². The van der Waals surface area contributed by atoms with Crippen molar-refractivity contribution in [2.45, 2.75) is 32.8 Å². The van der Waals surface area contributed by atoms with Gasteiger partial charge in [0.1, 0.15) is 5.75 Å². The minimum Gasteiger partial charge on any atom is -0.508 e. The summed E-state index contributed by atoms with van der Waals surface area (Å²) in [6.45, 7) is 10.4. The molecule has 1 heterocycles. The van der Waals surface area contributed by atoms with Gasteiger partial charge in [-0.25, -0.2) is 0 Å². The molecule has 0 unspecified atom stereocenters. The summed E-state index contributed by atoms with van der Waals surface area (Å²) in [7, 11) is 0. The van der Waals surface area contributed by atoms with Gasteiger partial charge in [-0.2, -0.15) is 0 Å². The number of nitrogens with one attached hydrogen (secondary N) is 1. The van der Waals surface area contributed by atoms with Crippen LogP contribution in [-0.2, 0) is 9.53 Å². The first-order chi connectivity index (χ1) is 12.1. The Balaban J connectivity index is 1.63. The van der Waals surface area contributed by atoms with E-state index in [-0.39, 0.29) is 11.7 Å². The van der Waals surface area contributed by atoms with Crippen LogP contribution in [0.5, 0.6) is 5.75 Å². The molecule has 1 aliphatic heterocycles. The van der Waals surface area contributed by atoms with Gasteiger partial charge in [0, 0.05) is 25.3 Å². The molecule has 25 heavy (non-hydrogen) atoms. The van der Waals surface area contributed by atoms with E-state index in [4.69, 9.17) is 4.74 Å². The largest absolute Gasteiger partial charge is 0.508 e. The quantitative estimate of drug-likeness (QED) is 0.669. The van der Waals surface area contributed by atoms with E-state index < -0.39 is 0 Å². The van der Waals surface area contributed by atoms with Gasteiger partial charge in [-0.1, -0.05) is 13.8 Å². The monoisotopic (exact) mass is 349 g/mol. The molecule has 1 aromatic rings. The fraction of sp³-hybridized carbons (Fsp3) is 0.632. The number of hydrogen-bond donors (Lipinski definition) is 2. The Bertz CT molecular complexity index is 509. The molecule has 1 amide bonds. The highest BCUT2D eigenvalue weighted by Gasteiger charge is 2.21. The van der Waals surface area contributed by atoms with Crippen molar-refractivity contribution in [3.05, 3.63) is 24.3 Å². The zero-order valence-corrected chi connectivity index (χ0v) is 15.4. The number of phenolic OH excluding ortho intramolecular Hbond substituents is 1. The second kappa shape index (κ2) is 10.4. The predicted molar refractivity (Wildman–Crippen MR) is 99.9 cm³/mol. The molecule has 1 aromatic carbocycles. The highest BCUT2D eigenvalue weighted by Crippen LogP contribution is 2.15. The Kier molecular flexibility index (Phi) is 8.18. The molecule has 0 aromatic heterocycles. The smallest absolute Gasteiger partial charge is 0.238 e. The molecule has 1 fully saturated rings. The lowest BCUT2D eigenvalue weighted by Gasteiger charge is -2.31. The van der Waals surface area contributed by atoms with Crippen LogP contribution in [0.25, 0.3) is 0 Å². The van der Waals surface area contributed by atoms with Gasteiger partial charge in [0.2, 0.25) is 5.91 Å². The summed E-state index contributed by atoms with van der Waals surface area (Å²) in [6, 6.07) is 6.53. The average Bonchev–Trinajstić information content (AvgIpc) is 2.62. The maximum Gasteiger partial charge on any atom is 0.238 e. The number of likely N-dealkylation sites (N-methyl/N-ethyl adjacent to an activating group) is 1. The Morgan fingerprint density at radius 3 is 2.48 bits per heavy atom. The highest BCUT2D eigenvalue weighted by atomic mass is 16.5. The molecule has 1 saturated heterocycles. The number of carbonyl (C=O) groups excluding carboxylic acids is 1. The van der Waals surface area contributed by atoms with Gasteiger partial charge in [0.25, 0.3) is 0 Å². The number of nitrogens with zero attached hydrogens (tertiary/aromatic N) is 2. The van der Waals surface area contributed by atoms with Crippen molar-refractivity contribution in [3.63, 3.8) is 0 Å². The van der Waals surface area contributed by atoms with Crippen LogP contribution in [0.15, 0.2) is 24.3 Å². The molecular formula is C19H31N3O3. The van der Waals surface area contributed by atoms with Gasteiger partial charge in [0.05, 0.1) is 19.3 Å². The van der Waals surface area contributed by atoms with E-state index in [0.717, 1.165) is 52.2 Å². The third kappa shape index (κ3) is 7.02. The zero-order valence-electron chi connectivity index (χ0n) is 15.4. The van der Waals surface area contributed by atoms with Gasteiger partial charge in [-0.15, -0.1) is 0 Å². The number of amides is 1. The number of rotatable bonds is 9. The molecule has 6 heteroatoms. The molecule has 0 saturated carbocycles. The molecule has 0 spiro atoms. The van der Waals surface area contributed by atoms with Crippen LogP contribution < -0.4 is 5.32 Å². The van der Waals surface area contributed by atoms with Crippen LogP contribution in [0.2, 0.25) is 0 Å². The number of aromatic hydroxyl groups is 1. The number of phenols is 1. The minimum atomic E-state index is -0.0217. The third-order valence-corrected chi connectivity index (χ3v) is 4.71. The number of benzene rings is 1. The number of ether oxygens (including phenoxy) is 1. The second-order valence-electron chi connectivity index (χ2n) is 6.47. The van der Waals surface area contributed by atoms with Gasteiger partial charge < -0.3 is 20.1 Å². The van der Waals surface area contributed by atoms with Crippen LogP contribution >= 0.6 is 0 Å². The number of piperidine rings is 1. The van der Waals surface area contributed by atoms with Gasteiger partial charge >= 0.3 is 0 Å². The normalized spacial score (nSPS) is 16.3. The van der Waals surface area contributed by atoms with Gasteiger partial charge in [-0.05, 0) is 50.2 Å². The van der Waals surface area contributed by atoms with Crippen LogP contribution in [0.4, 0.5) is 5.69 Å². The average molecular weight is 349 g/mol. The first-order valence-electron chi connectivity index (χ1n) is 9.26. The van der Waals surface area contributed by atoms with E-state index >= 15 is 0 Å². The van der Waals surface area contributed by atoms with E-state index in [1.807, 2.05) is 0 Å². The van der Waals surface area contributed by atoms with Crippen molar-refractivity contribution < 1.29 is 14.6 Å². The minimum absolute atomic E-state index is 0.0217. The van der Waals surface area contributed by atoms with Gasteiger partial charge in [-0.3, -0.25) is 9.69 Å². The van der Waals surface area contributed by atoms with E-state index in [1.165, 1.54) is 0 Å². The van der Waals surface area contributed by atoms with E-state index in [9.17, 15) is 9.90 Å². The standard InChI is InChI=1S/C19H31N3O3/c1-3-21(4-2)13-14-25-18-9-11-22(12-10-18)15-19(24)20-16-5-7-17(23)8-6-16/h5-8,18,23H,3-4,9-15H2,1-2H3,(H,20,24). The van der Waals surface area contributed by atoms with E-state index in [1.54, 1.807) is 24.3 Å². The van der Waals surface area contributed by atoms with Crippen molar-refractivity contribution in [1.29, 1.82) is 0 Å². The van der Waals surface area contributed by atoms with Crippen molar-refractivity contribution in [2.75, 3.05) is 51.2 Å². The summed E-state index contributed by atoms with van der Waals surface area (Å²) >= 11 is 0. The van der Waals surface area contributed by atoms with Crippen molar-refractivity contribution in [2.24, 2.45) is 0 Å². The summed E-state index contributed by atoms with van der Waals surface area (Å²) in [4.78, 5) is 16.6. The lowest BCUT2D eigenvalue weighted by atomic mass is 10.1. The molecule has 0 bridgehead atoms. The molecule has 2 rings (SSSR count). The molecule has 140 valence electrons. The van der Waals surface area contributed by atoms with Crippen molar-refractivity contribution >= 4 is 11.6 Å². The maximum absolute atomic E-state index is 12.1. The molecule has 2 N–H and O–H groups in total. The predicted octanol–water partition coefficient (Wildman–Crippen LogP) is 2.15. The molecule has 0 atom stereocenters. The Morgan fingerprint density at radius 2 is 1.88 bits per heavy atom. The number of carbonyl (C=O) groups is 1. The van der Waals surface area contributed by atoms with E-state index in [0.29, 0.717) is 18.3 Å². The third-order valence-electron chi connectivity index (χ3n) is 4.71. The SMILES string of the molecule is CCN(CC)CCOC1CCN(CC(=O)Nc2ccc(O)cc2)CC1. The number of hydrogen-bond acceptors (Lipinski definition) is 5. The van der Waals surface area contributed by atoms with E-state index in [2.05, 4.69) is 29.0 Å². The van der Waals surface area contributed by atoms with Gasteiger partial charge in [0.15, 0.2) is 0 Å². The van der Waals surface area contributed by atoms with Crippen LogP contribution in [-0.4, -0.2) is 72.8 Å². The second-order valence-corrected chi connectivity index (χ2v) is 6.47. The Morgan fingerprint density at radius 1 is 1.24 bits per heavy atom. The molecular weight excluding hydrogens is 318 g/mol. The molecule has 0 aliphatic carbocycles. The number of likely N-dealkylation sites (tertiary alicyclic amines) is 1. The lowest BCUT2D eigenvalue weighted by molar-refractivity contribution is -0.118. The van der Waals surface area contributed by atoms with Crippen molar-refractivity contribution in [3.8, 4) is 5.75 Å². The molecule has 0 radical (unpaired) electrons. The first kappa shape index (κ1) is 19.7. The van der Waals surface area contributed by atoms with Crippen LogP contribution in [0.3, 0.4) is 0 Å².